The maximum Gasteiger partial charge on any atom is 0.244 e. The molecule has 4 nitrogen and oxygen atoms in total. The number of carbonyl (C=O) groups excluding carboxylic acids is 1. The maximum absolute atomic E-state index is 11.9. The Bertz CT molecular complexity index is 493. The van der Waals surface area contributed by atoms with E-state index in [-0.39, 0.29) is 5.91 Å². The molecule has 1 aliphatic carbocycles. The maximum atomic E-state index is 11.9. The monoisotopic (exact) mass is 257 g/mol. The zero-order valence-corrected chi connectivity index (χ0v) is 11.4. The van der Waals surface area contributed by atoms with Gasteiger partial charge in [0.2, 0.25) is 5.91 Å². The fourth-order valence-corrected chi connectivity index (χ4v) is 2.11. The molecule has 0 heterocycles. The van der Waals surface area contributed by atoms with E-state index in [1.54, 1.807) is 0 Å². The van der Waals surface area contributed by atoms with Crippen LogP contribution in [0.2, 0.25) is 0 Å². The Morgan fingerprint density at radius 1 is 1.32 bits per heavy atom. The Kier molecular flexibility index (Phi) is 3.75. The standard InChI is InChI=1S/C15H19N3O/c1-3-18(4-2)13-7-5-12(6-8-13)17-14(19)15(11-16)9-10-15/h5-8H,3-4,9-10H2,1-2H3,(H,17,19). The van der Waals surface area contributed by atoms with Crippen molar-refractivity contribution in [2.75, 3.05) is 23.3 Å². The fraction of sp³-hybridized carbons (Fsp3) is 0.467. The van der Waals surface area contributed by atoms with E-state index >= 15 is 0 Å². The summed E-state index contributed by atoms with van der Waals surface area (Å²) >= 11 is 0. The van der Waals surface area contributed by atoms with Crippen molar-refractivity contribution in [3.63, 3.8) is 0 Å². The van der Waals surface area contributed by atoms with Gasteiger partial charge in [0.25, 0.3) is 0 Å². The number of nitriles is 1. The average molecular weight is 257 g/mol. The third-order valence-electron chi connectivity index (χ3n) is 3.65. The van der Waals surface area contributed by atoms with Crippen LogP contribution in [0.25, 0.3) is 0 Å². The highest BCUT2D eigenvalue weighted by molar-refractivity contribution is 5.99. The number of benzene rings is 1. The van der Waals surface area contributed by atoms with E-state index < -0.39 is 5.41 Å². The van der Waals surface area contributed by atoms with Gasteiger partial charge in [-0.1, -0.05) is 0 Å². The summed E-state index contributed by atoms with van der Waals surface area (Å²) < 4.78 is 0. The van der Waals surface area contributed by atoms with E-state index in [0.717, 1.165) is 24.5 Å². The Hall–Kier alpha value is -2.02. The van der Waals surface area contributed by atoms with Crippen molar-refractivity contribution >= 4 is 17.3 Å². The first-order chi connectivity index (χ1) is 9.15. The molecule has 1 fully saturated rings. The number of hydrogen-bond acceptors (Lipinski definition) is 3. The third-order valence-corrected chi connectivity index (χ3v) is 3.65. The summed E-state index contributed by atoms with van der Waals surface area (Å²) in [6, 6.07) is 9.87. The van der Waals surface area contributed by atoms with Crippen molar-refractivity contribution in [2.24, 2.45) is 5.41 Å². The van der Waals surface area contributed by atoms with E-state index in [4.69, 9.17) is 5.26 Å². The van der Waals surface area contributed by atoms with Gasteiger partial charge in [0.1, 0.15) is 5.41 Å². The SMILES string of the molecule is CCN(CC)c1ccc(NC(=O)C2(C#N)CC2)cc1. The molecule has 0 unspecified atom stereocenters. The van der Waals surface area contributed by atoms with Crippen molar-refractivity contribution in [1.29, 1.82) is 5.26 Å². The van der Waals surface area contributed by atoms with Crippen LogP contribution in [-0.2, 0) is 4.79 Å². The Morgan fingerprint density at radius 2 is 1.89 bits per heavy atom. The first kappa shape index (κ1) is 13.4. The second kappa shape index (κ2) is 5.31. The predicted octanol–water partition coefficient (Wildman–Crippen LogP) is 2.78. The van der Waals surface area contributed by atoms with Crippen LogP contribution in [0.15, 0.2) is 24.3 Å². The molecule has 0 saturated heterocycles. The second-order valence-corrected chi connectivity index (χ2v) is 4.87. The van der Waals surface area contributed by atoms with Gasteiger partial charge in [-0.2, -0.15) is 5.26 Å². The zero-order chi connectivity index (χ0) is 13.9. The van der Waals surface area contributed by atoms with Crippen LogP contribution < -0.4 is 10.2 Å². The molecule has 2 rings (SSSR count). The van der Waals surface area contributed by atoms with Gasteiger partial charge in [-0.05, 0) is 51.0 Å². The minimum absolute atomic E-state index is 0.175. The highest BCUT2D eigenvalue weighted by Crippen LogP contribution is 2.45. The molecule has 1 amide bonds. The van der Waals surface area contributed by atoms with Crippen LogP contribution in [0.1, 0.15) is 26.7 Å². The summed E-state index contributed by atoms with van der Waals surface area (Å²) in [5.74, 6) is -0.175. The zero-order valence-electron chi connectivity index (χ0n) is 11.4. The van der Waals surface area contributed by atoms with Gasteiger partial charge < -0.3 is 10.2 Å². The molecule has 1 aliphatic rings. The molecule has 0 bridgehead atoms. The summed E-state index contributed by atoms with van der Waals surface area (Å²) in [5, 5.41) is 11.8. The molecule has 1 saturated carbocycles. The Morgan fingerprint density at radius 3 is 2.32 bits per heavy atom. The van der Waals surface area contributed by atoms with Gasteiger partial charge in [0.05, 0.1) is 6.07 Å². The summed E-state index contributed by atoms with van der Waals surface area (Å²) in [7, 11) is 0. The lowest BCUT2D eigenvalue weighted by atomic mass is 10.1. The number of hydrogen-bond donors (Lipinski definition) is 1. The van der Waals surface area contributed by atoms with Crippen molar-refractivity contribution in [2.45, 2.75) is 26.7 Å². The minimum Gasteiger partial charge on any atom is -0.372 e. The van der Waals surface area contributed by atoms with Crippen molar-refractivity contribution in [1.82, 2.24) is 0 Å². The number of nitrogens with zero attached hydrogens (tertiary/aromatic N) is 2. The first-order valence-corrected chi connectivity index (χ1v) is 6.73. The minimum atomic E-state index is -0.766. The van der Waals surface area contributed by atoms with Crippen LogP contribution in [-0.4, -0.2) is 19.0 Å². The Labute approximate surface area is 114 Å². The smallest absolute Gasteiger partial charge is 0.244 e. The molecule has 0 aromatic heterocycles. The molecule has 100 valence electrons. The van der Waals surface area contributed by atoms with Crippen LogP contribution in [0, 0.1) is 16.7 Å². The lowest BCUT2D eigenvalue weighted by Crippen LogP contribution is -2.23. The quantitative estimate of drug-likeness (QED) is 0.882. The van der Waals surface area contributed by atoms with E-state index in [0.29, 0.717) is 12.8 Å². The molecule has 1 aromatic rings. The third kappa shape index (κ3) is 2.70. The number of rotatable bonds is 5. The van der Waals surface area contributed by atoms with Gasteiger partial charge >= 0.3 is 0 Å². The van der Waals surface area contributed by atoms with Crippen molar-refractivity contribution < 1.29 is 4.79 Å². The van der Waals surface area contributed by atoms with Crippen molar-refractivity contribution in [3.05, 3.63) is 24.3 Å². The lowest BCUT2D eigenvalue weighted by Gasteiger charge is -2.21. The molecule has 4 heteroatoms. The molecule has 0 aliphatic heterocycles. The van der Waals surface area contributed by atoms with Crippen LogP contribution >= 0.6 is 0 Å². The fourth-order valence-electron chi connectivity index (χ4n) is 2.11. The van der Waals surface area contributed by atoms with E-state index in [2.05, 4.69) is 30.1 Å². The van der Waals surface area contributed by atoms with E-state index in [1.807, 2.05) is 24.3 Å². The highest BCUT2D eigenvalue weighted by Gasteiger charge is 2.50. The van der Waals surface area contributed by atoms with Crippen LogP contribution in [0.4, 0.5) is 11.4 Å². The number of anilines is 2. The Balaban J connectivity index is 2.03. The lowest BCUT2D eigenvalue weighted by molar-refractivity contribution is -0.119. The molecular formula is C15H19N3O. The number of carbonyl (C=O) groups is 1. The molecule has 1 aromatic carbocycles. The van der Waals surface area contributed by atoms with Gasteiger partial charge in [-0.3, -0.25) is 4.79 Å². The van der Waals surface area contributed by atoms with Gasteiger partial charge in [0, 0.05) is 24.5 Å². The topological polar surface area (TPSA) is 56.1 Å². The summed E-state index contributed by atoms with van der Waals surface area (Å²) in [6.45, 7) is 6.14. The first-order valence-electron chi connectivity index (χ1n) is 6.73. The number of nitrogens with one attached hydrogen (secondary N) is 1. The summed E-state index contributed by atoms with van der Waals surface area (Å²) in [5.41, 5.74) is 1.13. The molecule has 1 N–H and O–H groups in total. The van der Waals surface area contributed by atoms with Gasteiger partial charge in [-0.15, -0.1) is 0 Å². The summed E-state index contributed by atoms with van der Waals surface area (Å²) in [6.07, 6.45) is 1.35. The molecule has 0 radical (unpaired) electrons. The van der Waals surface area contributed by atoms with Gasteiger partial charge in [-0.25, -0.2) is 0 Å². The van der Waals surface area contributed by atoms with Crippen LogP contribution in [0.5, 0.6) is 0 Å². The van der Waals surface area contributed by atoms with E-state index in [9.17, 15) is 4.79 Å². The largest absolute Gasteiger partial charge is 0.372 e. The average Bonchev–Trinajstić information content (AvgIpc) is 3.23. The molecule has 19 heavy (non-hydrogen) atoms. The normalized spacial score (nSPS) is 15.4. The van der Waals surface area contributed by atoms with E-state index in [1.165, 1.54) is 0 Å². The highest BCUT2D eigenvalue weighted by atomic mass is 16.2. The summed E-state index contributed by atoms with van der Waals surface area (Å²) in [4.78, 5) is 14.2. The van der Waals surface area contributed by atoms with Gasteiger partial charge in [0.15, 0.2) is 0 Å². The molecule has 0 atom stereocenters. The predicted molar refractivity (Wildman–Crippen MR) is 75.9 cm³/mol. The van der Waals surface area contributed by atoms with Crippen molar-refractivity contribution in [3.8, 4) is 6.07 Å². The van der Waals surface area contributed by atoms with Crippen LogP contribution in [0.3, 0.4) is 0 Å². The molecule has 0 spiro atoms. The second-order valence-electron chi connectivity index (χ2n) is 4.87. The number of amides is 1. The molecular weight excluding hydrogens is 238 g/mol.